The van der Waals surface area contributed by atoms with E-state index in [4.69, 9.17) is 4.42 Å². The number of hydrogen-bond acceptors (Lipinski definition) is 4. The third-order valence-electron chi connectivity index (χ3n) is 4.54. The van der Waals surface area contributed by atoms with Crippen molar-refractivity contribution in [2.45, 2.75) is 45.7 Å². The van der Waals surface area contributed by atoms with Crippen LogP contribution in [0.5, 0.6) is 0 Å². The zero-order valence-electron chi connectivity index (χ0n) is 14.8. The van der Waals surface area contributed by atoms with Crippen molar-refractivity contribution in [3.05, 3.63) is 53.2 Å². The second kappa shape index (κ2) is 9.02. The zero-order chi connectivity index (χ0) is 16.9. The van der Waals surface area contributed by atoms with Gasteiger partial charge in [0.25, 0.3) is 5.91 Å². The van der Waals surface area contributed by atoms with Crippen LogP contribution in [0.2, 0.25) is 0 Å². The van der Waals surface area contributed by atoms with E-state index in [1.807, 2.05) is 43.0 Å². The minimum atomic E-state index is -0.0295. The van der Waals surface area contributed by atoms with Gasteiger partial charge in [-0.15, -0.1) is 12.4 Å². The van der Waals surface area contributed by atoms with Crippen LogP contribution in [0.3, 0.4) is 0 Å². The van der Waals surface area contributed by atoms with E-state index in [0.29, 0.717) is 12.3 Å². The van der Waals surface area contributed by atoms with Gasteiger partial charge >= 0.3 is 0 Å². The molecule has 1 fully saturated rings. The Balaban J connectivity index is 0.00000225. The van der Waals surface area contributed by atoms with Crippen LogP contribution >= 0.6 is 12.4 Å². The maximum atomic E-state index is 13.2. The highest BCUT2D eigenvalue weighted by Gasteiger charge is 2.29. The smallest absolute Gasteiger partial charge is 0.290 e. The molecule has 0 aliphatic carbocycles. The van der Waals surface area contributed by atoms with Crippen LogP contribution in [0.15, 0.2) is 34.9 Å². The molecule has 136 valence electrons. The second-order valence-corrected chi connectivity index (χ2v) is 6.46. The molecule has 1 aliphatic rings. The second-order valence-electron chi connectivity index (χ2n) is 6.46. The molecule has 0 radical (unpaired) electrons. The van der Waals surface area contributed by atoms with Gasteiger partial charge in [-0.1, -0.05) is 6.07 Å². The van der Waals surface area contributed by atoms with Gasteiger partial charge in [0, 0.05) is 17.8 Å². The Kier molecular flexibility index (Phi) is 7.02. The quantitative estimate of drug-likeness (QED) is 0.903. The van der Waals surface area contributed by atoms with Crippen molar-refractivity contribution in [1.29, 1.82) is 0 Å². The Bertz CT molecular complexity index is 679. The van der Waals surface area contributed by atoms with Gasteiger partial charge in [0.05, 0.1) is 12.2 Å². The van der Waals surface area contributed by atoms with Crippen molar-refractivity contribution < 1.29 is 9.21 Å². The monoisotopic (exact) mass is 363 g/mol. The number of aromatic nitrogens is 1. The first-order chi connectivity index (χ1) is 11.6. The summed E-state index contributed by atoms with van der Waals surface area (Å²) in [6.07, 6.45) is 4.81. The number of halogens is 1. The fourth-order valence-electron chi connectivity index (χ4n) is 3.33. The summed E-state index contributed by atoms with van der Waals surface area (Å²) in [4.78, 5) is 19.5. The first-order valence-electron chi connectivity index (χ1n) is 8.64. The fraction of sp³-hybridized carbons (Fsp3) is 0.474. The summed E-state index contributed by atoms with van der Waals surface area (Å²) in [6.45, 7) is 6.27. The van der Waals surface area contributed by atoms with Gasteiger partial charge in [0.2, 0.25) is 0 Å². The maximum Gasteiger partial charge on any atom is 0.290 e. The van der Waals surface area contributed by atoms with Crippen molar-refractivity contribution in [1.82, 2.24) is 15.2 Å². The van der Waals surface area contributed by atoms with E-state index in [1.54, 1.807) is 6.20 Å². The van der Waals surface area contributed by atoms with Crippen molar-refractivity contribution in [3.8, 4) is 0 Å². The van der Waals surface area contributed by atoms with Crippen LogP contribution in [-0.4, -0.2) is 34.9 Å². The van der Waals surface area contributed by atoms with Gasteiger partial charge in [0.1, 0.15) is 5.76 Å². The molecule has 1 amide bonds. The summed E-state index contributed by atoms with van der Waals surface area (Å²) in [5.41, 5.74) is 1.80. The first kappa shape index (κ1) is 19.5. The highest BCUT2D eigenvalue weighted by molar-refractivity contribution is 5.93. The van der Waals surface area contributed by atoms with Crippen LogP contribution in [0.1, 0.15) is 46.8 Å². The molecule has 1 unspecified atom stereocenters. The van der Waals surface area contributed by atoms with E-state index >= 15 is 0 Å². The van der Waals surface area contributed by atoms with E-state index in [1.165, 1.54) is 0 Å². The Labute approximate surface area is 155 Å². The molecule has 5 nitrogen and oxygen atoms in total. The third kappa shape index (κ3) is 4.83. The molecule has 6 heteroatoms. The summed E-state index contributed by atoms with van der Waals surface area (Å²) in [5.74, 6) is 1.20. The Morgan fingerprint density at radius 2 is 2.16 bits per heavy atom. The van der Waals surface area contributed by atoms with E-state index in [2.05, 4.69) is 10.3 Å². The largest absolute Gasteiger partial charge is 0.456 e. The van der Waals surface area contributed by atoms with Crippen molar-refractivity contribution in [2.75, 3.05) is 13.1 Å². The zero-order valence-corrected chi connectivity index (χ0v) is 15.6. The van der Waals surface area contributed by atoms with Crippen molar-refractivity contribution in [2.24, 2.45) is 0 Å². The van der Waals surface area contributed by atoms with Gasteiger partial charge < -0.3 is 14.6 Å². The molecule has 1 saturated heterocycles. The van der Waals surface area contributed by atoms with Gasteiger partial charge in [0.15, 0.2) is 5.76 Å². The van der Waals surface area contributed by atoms with E-state index in [0.717, 1.165) is 49.4 Å². The topological polar surface area (TPSA) is 58.4 Å². The van der Waals surface area contributed by atoms with Crippen LogP contribution in [-0.2, 0) is 6.54 Å². The van der Waals surface area contributed by atoms with Crippen LogP contribution < -0.4 is 5.32 Å². The number of amides is 1. The van der Waals surface area contributed by atoms with E-state index < -0.39 is 0 Å². The average molecular weight is 364 g/mol. The SMILES string of the molecule is Cc1cc(C)c(C(=O)N(Cc2ccccn2)C2CCCNCC2)o1.Cl. The third-order valence-corrected chi connectivity index (χ3v) is 4.54. The average Bonchev–Trinajstić information content (AvgIpc) is 2.79. The molecule has 1 N–H and O–H groups in total. The molecule has 3 rings (SSSR count). The predicted molar refractivity (Wildman–Crippen MR) is 100 cm³/mol. The van der Waals surface area contributed by atoms with Crippen LogP contribution in [0.25, 0.3) is 0 Å². The first-order valence-corrected chi connectivity index (χ1v) is 8.64. The molecule has 1 atom stereocenters. The fourth-order valence-corrected chi connectivity index (χ4v) is 3.33. The normalized spacial score (nSPS) is 17.4. The number of carbonyl (C=O) groups is 1. The van der Waals surface area contributed by atoms with Crippen molar-refractivity contribution in [3.63, 3.8) is 0 Å². The van der Waals surface area contributed by atoms with Crippen LogP contribution in [0.4, 0.5) is 0 Å². The van der Waals surface area contributed by atoms with Crippen molar-refractivity contribution >= 4 is 18.3 Å². The van der Waals surface area contributed by atoms with Gasteiger partial charge in [-0.25, -0.2) is 0 Å². The molecule has 0 spiro atoms. The molecule has 2 aromatic rings. The number of hydrogen-bond donors (Lipinski definition) is 1. The predicted octanol–water partition coefficient (Wildman–Crippen LogP) is 3.50. The number of pyridine rings is 1. The highest BCUT2D eigenvalue weighted by atomic mass is 35.5. The molecule has 1 aliphatic heterocycles. The van der Waals surface area contributed by atoms with Gasteiger partial charge in [-0.3, -0.25) is 9.78 Å². The molecule has 3 heterocycles. The maximum absolute atomic E-state index is 13.2. The molecule has 0 saturated carbocycles. The minimum Gasteiger partial charge on any atom is -0.456 e. The van der Waals surface area contributed by atoms with Gasteiger partial charge in [-0.05, 0) is 64.4 Å². The molecule has 0 bridgehead atoms. The molecular formula is C19H26ClN3O2. The molecular weight excluding hydrogens is 338 g/mol. The summed E-state index contributed by atoms with van der Waals surface area (Å²) < 4.78 is 5.69. The lowest BCUT2D eigenvalue weighted by molar-refractivity contribution is 0.0607. The number of rotatable bonds is 4. The number of nitrogens with one attached hydrogen (secondary N) is 1. The molecule has 25 heavy (non-hydrogen) atoms. The Morgan fingerprint density at radius 3 is 2.84 bits per heavy atom. The molecule has 2 aromatic heterocycles. The van der Waals surface area contributed by atoms with Gasteiger partial charge in [-0.2, -0.15) is 0 Å². The van der Waals surface area contributed by atoms with Crippen LogP contribution in [0, 0.1) is 13.8 Å². The number of aryl methyl sites for hydroxylation is 2. The lowest BCUT2D eigenvalue weighted by Gasteiger charge is -2.30. The lowest BCUT2D eigenvalue weighted by Crippen LogP contribution is -2.40. The molecule has 0 aromatic carbocycles. The number of nitrogens with zero attached hydrogens (tertiary/aromatic N) is 2. The Morgan fingerprint density at radius 1 is 1.32 bits per heavy atom. The lowest BCUT2D eigenvalue weighted by atomic mass is 10.1. The number of furan rings is 1. The number of carbonyl (C=O) groups excluding carboxylic acids is 1. The standard InChI is InChI=1S/C19H25N3O2.ClH/c1-14-12-15(2)24-18(14)19(23)22(13-16-6-3-4-10-21-16)17-7-5-9-20-11-8-17;/h3-4,6,10,12,17,20H,5,7-9,11,13H2,1-2H3;1H. The minimum absolute atomic E-state index is 0. The summed E-state index contributed by atoms with van der Waals surface area (Å²) in [7, 11) is 0. The highest BCUT2D eigenvalue weighted by Crippen LogP contribution is 2.22. The van der Waals surface area contributed by atoms with E-state index in [-0.39, 0.29) is 24.4 Å². The summed E-state index contributed by atoms with van der Waals surface area (Å²) in [5, 5.41) is 3.41. The Hall–Kier alpha value is -1.85. The van der Waals surface area contributed by atoms with E-state index in [9.17, 15) is 4.79 Å². The summed E-state index contributed by atoms with van der Waals surface area (Å²) >= 11 is 0. The summed E-state index contributed by atoms with van der Waals surface area (Å²) in [6, 6.07) is 7.95.